The summed E-state index contributed by atoms with van der Waals surface area (Å²) in [6, 6.07) is 3.12. The Kier molecular flexibility index (Phi) is 3.72. The van der Waals surface area contributed by atoms with Crippen LogP contribution in [-0.4, -0.2) is 17.6 Å². The summed E-state index contributed by atoms with van der Waals surface area (Å²) in [4.78, 5) is 15.1. The van der Waals surface area contributed by atoms with Crippen molar-refractivity contribution in [3.05, 3.63) is 18.3 Å². The Bertz CT molecular complexity index is 313. The third-order valence-electron chi connectivity index (χ3n) is 1.61. The van der Waals surface area contributed by atoms with Gasteiger partial charge in [-0.15, -0.1) is 0 Å². The predicted octanol–water partition coefficient (Wildman–Crippen LogP) is 1.20. The molecule has 0 atom stereocenters. The van der Waals surface area contributed by atoms with Crippen LogP contribution in [0.1, 0.15) is 13.3 Å². The van der Waals surface area contributed by atoms with E-state index in [4.69, 9.17) is 5.73 Å². The van der Waals surface area contributed by atoms with Gasteiger partial charge < -0.3 is 11.1 Å². The molecular weight excluding hydrogens is 180 g/mol. The number of amides is 2. The van der Waals surface area contributed by atoms with Gasteiger partial charge in [0.1, 0.15) is 0 Å². The number of hydrogen-bond donors (Lipinski definition) is 3. The smallest absolute Gasteiger partial charge is 0.320 e. The second kappa shape index (κ2) is 5.06. The molecule has 0 unspecified atom stereocenters. The van der Waals surface area contributed by atoms with Crippen LogP contribution in [0, 0.1) is 0 Å². The van der Waals surface area contributed by atoms with E-state index in [1.807, 2.05) is 6.92 Å². The van der Waals surface area contributed by atoms with Gasteiger partial charge in [-0.1, -0.05) is 6.92 Å². The number of aromatic nitrogens is 1. The number of nitrogen functional groups attached to an aromatic ring is 1. The summed E-state index contributed by atoms with van der Waals surface area (Å²) in [5.41, 5.74) is 6.05. The number of anilines is 2. The van der Waals surface area contributed by atoms with Crippen molar-refractivity contribution in [2.24, 2.45) is 0 Å². The van der Waals surface area contributed by atoms with E-state index in [1.165, 1.54) is 0 Å². The van der Waals surface area contributed by atoms with E-state index >= 15 is 0 Å². The van der Waals surface area contributed by atoms with Crippen LogP contribution in [0.5, 0.6) is 0 Å². The van der Waals surface area contributed by atoms with Gasteiger partial charge >= 0.3 is 6.03 Å². The highest BCUT2D eigenvalue weighted by molar-refractivity contribution is 5.90. The van der Waals surface area contributed by atoms with E-state index in [2.05, 4.69) is 15.6 Å². The number of nitrogens with two attached hydrogens (primary N) is 1. The molecule has 0 aliphatic heterocycles. The number of pyridine rings is 1. The molecule has 1 aromatic rings. The maximum atomic E-state index is 11.2. The Morgan fingerprint density at radius 2 is 2.43 bits per heavy atom. The summed E-state index contributed by atoms with van der Waals surface area (Å²) in [6.07, 6.45) is 2.47. The fourth-order valence-corrected chi connectivity index (χ4v) is 0.912. The number of urea groups is 1. The van der Waals surface area contributed by atoms with Gasteiger partial charge in [0.25, 0.3) is 0 Å². The first-order valence-corrected chi connectivity index (χ1v) is 4.49. The van der Waals surface area contributed by atoms with E-state index in [0.29, 0.717) is 18.1 Å². The van der Waals surface area contributed by atoms with E-state index in [9.17, 15) is 4.79 Å². The minimum atomic E-state index is -0.280. The Balaban J connectivity index is 2.52. The maximum Gasteiger partial charge on any atom is 0.320 e. The van der Waals surface area contributed by atoms with Gasteiger partial charge in [-0.05, 0) is 18.6 Å². The Morgan fingerprint density at radius 1 is 1.64 bits per heavy atom. The lowest BCUT2D eigenvalue weighted by atomic mass is 10.4. The Morgan fingerprint density at radius 3 is 3.07 bits per heavy atom. The highest BCUT2D eigenvalue weighted by atomic mass is 16.2. The summed E-state index contributed by atoms with van der Waals surface area (Å²) in [5.74, 6) is 0.390. The minimum absolute atomic E-state index is 0.280. The highest BCUT2D eigenvalue weighted by Gasteiger charge is 2.03. The number of rotatable bonds is 3. The normalized spacial score (nSPS) is 9.50. The van der Waals surface area contributed by atoms with Crippen LogP contribution in [0.3, 0.4) is 0 Å². The van der Waals surface area contributed by atoms with Crippen LogP contribution >= 0.6 is 0 Å². The molecule has 0 aliphatic rings. The molecule has 0 saturated heterocycles. The minimum Gasteiger partial charge on any atom is -0.396 e. The van der Waals surface area contributed by atoms with Crippen molar-refractivity contribution in [1.29, 1.82) is 0 Å². The fourth-order valence-electron chi connectivity index (χ4n) is 0.912. The molecule has 5 heteroatoms. The molecule has 0 spiro atoms. The summed E-state index contributed by atoms with van der Waals surface area (Å²) in [7, 11) is 0. The third-order valence-corrected chi connectivity index (χ3v) is 1.61. The van der Waals surface area contributed by atoms with Gasteiger partial charge in [0.2, 0.25) is 0 Å². The number of hydrogen-bond acceptors (Lipinski definition) is 3. The Labute approximate surface area is 82.7 Å². The lowest BCUT2D eigenvalue weighted by molar-refractivity contribution is 0.252. The van der Waals surface area contributed by atoms with Crippen molar-refractivity contribution >= 4 is 17.5 Å². The van der Waals surface area contributed by atoms with Gasteiger partial charge in [0.05, 0.1) is 5.69 Å². The number of carbonyl (C=O) groups is 1. The molecule has 4 N–H and O–H groups in total. The number of nitrogens with one attached hydrogen (secondary N) is 2. The van der Waals surface area contributed by atoms with Crippen LogP contribution in [0.4, 0.5) is 16.3 Å². The Hall–Kier alpha value is -1.78. The van der Waals surface area contributed by atoms with Crippen molar-refractivity contribution < 1.29 is 4.79 Å². The molecule has 76 valence electrons. The fraction of sp³-hybridized carbons (Fsp3) is 0.333. The quantitative estimate of drug-likeness (QED) is 0.676. The average molecular weight is 194 g/mol. The zero-order valence-corrected chi connectivity index (χ0v) is 8.08. The summed E-state index contributed by atoms with van der Waals surface area (Å²) < 4.78 is 0. The molecule has 5 nitrogen and oxygen atoms in total. The van der Waals surface area contributed by atoms with Crippen molar-refractivity contribution in [1.82, 2.24) is 10.3 Å². The van der Waals surface area contributed by atoms with Crippen molar-refractivity contribution in [3.8, 4) is 0 Å². The van der Waals surface area contributed by atoms with Gasteiger partial charge in [0.15, 0.2) is 5.82 Å². The molecule has 14 heavy (non-hydrogen) atoms. The van der Waals surface area contributed by atoms with Gasteiger partial charge in [-0.2, -0.15) is 0 Å². The standard InChI is InChI=1S/C9H14N4O/c1-2-5-12-9(14)13-8-7(10)4-3-6-11-8/h3-4,6H,2,5,10H2,1H3,(H2,11,12,13,14). The first-order chi connectivity index (χ1) is 6.74. The third kappa shape index (κ3) is 2.93. The van der Waals surface area contributed by atoms with Crippen LogP contribution < -0.4 is 16.4 Å². The van der Waals surface area contributed by atoms with Gasteiger partial charge in [-0.25, -0.2) is 9.78 Å². The maximum absolute atomic E-state index is 11.2. The SMILES string of the molecule is CCCNC(=O)Nc1ncccc1N. The average Bonchev–Trinajstić information content (AvgIpc) is 2.18. The number of carbonyl (C=O) groups excluding carboxylic acids is 1. The summed E-state index contributed by atoms with van der Waals surface area (Å²) in [5, 5.41) is 5.22. The monoisotopic (exact) mass is 194 g/mol. The molecule has 1 rings (SSSR count). The van der Waals surface area contributed by atoms with E-state index in [-0.39, 0.29) is 6.03 Å². The molecule has 0 bridgehead atoms. The molecule has 0 fully saturated rings. The number of nitrogens with zero attached hydrogens (tertiary/aromatic N) is 1. The lowest BCUT2D eigenvalue weighted by Gasteiger charge is -2.07. The zero-order valence-electron chi connectivity index (χ0n) is 8.08. The molecular formula is C9H14N4O. The van der Waals surface area contributed by atoms with Crippen LogP contribution in [0.25, 0.3) is 0 Å². The van der Waals surface area contributed by atoms with Crippen molar-refractivity contribution in [2.45, 2.75) is 13.3 Å². The van der Waals surface area contributed by atoms with Crippen LogP contribution in [0.15, 0.2) is 18.3 Å². The van der Waals surface area contributed by atoms with Crippen molar-refractivity contribution in [2.75, 3.05) is 17.6 Å². The first kappa shape index (κ1) is 10.3. The molecule has 2 amide bonds. The second-order valence-electron chi connectivity index (χ2n) is 2.82. The zero-order chi connectivity index (χ0) is 10.4. The molecule has 0 aromatic carbocycles. The highest BCUT2D eigenvalue weighted by Crippen LogP contribution is 2.12. The van der Waals surface area contributed by atoms with Gasteiger partial charge in [0, 0.05) is 12.7 Å². The molecule has 1 aromatic heterocycles. The lowest BCUT2D eigenvalue weighted by Crippen LogP contribution is -2.29. The van der Waals surface area contributed by atoms with Crippen LogP contribution in [-0.2, 0) is 0 Å². The van der Waals surface area contributed by atoms with Crippen molar-refractivity contribution in [3.63, 3.8) is 0 Å². The topological polar surface area (TPSA) is 80.0 Å². The van der Waals surface area contributed by atoms with Crippen LogP contribution in [0.2, 0.25) is 0 Å². The van der Waals surface area contributed by atoms with E-state index in [1.54, 1.807) is 18.3 Å². The molecule has 0 saturated carbocycles. The molecule has 0 aliphatic carbocycles. The van der Waals surface area contributed by atoms with E-state index < -0.39 is 0 Å². The predicted molar refractivity (Wildman–Crippen MR) is 56.0 cm³/mol. The molecule has 0 radical (unpaired) electrons. The summed E-state index contributed by atoms with van der Waals surface area (Å²) in [6.45, 7) is 2.62. The van der Waals surface area contributed by atoms with E-state index in [0.717, 1.165) is 6.42 Å². The second-order valence-corrected chi connectivity index (χ2v) is 2.82. The first-order valence-electron chi connectivity index (χ1n) is 4.49. The largest absolute Gasteiger partial charge is 0.396 e. The summed E-state index contributed by atoms with van der Waals surface area (Å²) >= 11 is 0. The molecule has 1 heterocycles. The van der Waals surface area contributed by atoms with Gasteiger partial charge in [-0.3, -0.25) is 5.32 Å².